The van der Waals surface area contributed by atoms with Crippen molar-refractivity contribution < 1.29 is 4.79 Å². The third kappa shape index (κ3) is 2.81. The molecule has 2 aromatic heterocycles. The Morgan fingerprint density at radius 2 is 2.05 bits per heavy atom. The predicted molar refractivity (Wildman–Crippen MR) is 86.1 cm³/mol. The van der Waals surface area contributed by atoms with Gasteiger partial charge in [0.15, 0.2) is 0 Å². The zero-order valence-corrected chi connectivity index (χ0v) is 13.1. The van der Waals surface area contributed by atoms with Crippen LogP contribution in [0.5, 0.6) is 0 Å². The molecule has 6 heteroatoms. The van der Waals surface area contributed by atoms with Gasteiger partial charge in [0.05, 0.1) is 11.1 Å². The Morgan fingerprint density at radius 1 is 1.27 bits per heavy atom. The number of piperazine rings is 1. The minimum absolute atomic E-state index is 0.0820. The van der Waals surface area contributed by atoms with Gasteiger partial charge in [-0.2, -0.15) is 16.6 Å². The van der Waals surface area contributed by atoms with Crippen molar-refractivity contribution in [3.63, 3.8) is 0 Å². The molecule has 0 bridgehead atoms. The lowest BCUT2D eigenvalue weighted by Gasteiger charge is -2.35. The number of amides is 1. The van der Waals surface area contributed by atoms with Gasteiger partial charge in [-0.05, 0) is 30.5 Å². The van der Waals surface area contributed by atoms with Crippen LogP contribution in [-0.2, 0) is 0 Å². The normalized spacial score (nSPS) is 14.7. The summed E-state index contributed by atoms with van der Waals surface area (Å²) in [7, 11) is 0. The standard InChI is InChI=1S/C16H16N4OS/c1-12-2-3-13(10-17)15(18-12)19-5-7-20(8-6-19)16(21)14-4-9-22-11-14/h2-4,9,11H,5-8H2,1H3. The average molecular weight is 312 g/mol. The number of hydrogen-bond acceptors (Lipinski definition) is 5. The minimum atomic E-state index is 0.0820. The van der Waals surface area contributed by atoms with Gasteiger partial charge in [0.25, 0.3) is 5.91 Å². The van der Waals surface area contributed by atoms with E-state index < -0.39 is 0 Å². The SMILES string of the molecule is Cc1ccc(C#N)c(N2CCN(C(=O)c3ccsc3)CC2)n1. The molecule has 1 aliphatic heterocycles. The molecule has 1 aliphatic rings. The molecular weight excluding hydrogens is 296 g/mol. The highest BCUT2D eigenvalue weighted by Crippen LogP contribution is 2.20. The summed E-state index contributed by atoms with van der Waals surface area (Å²) < 4.78 is 0. The van der Waals surface area contributed by atoms with Crippen molar-refractivity contribution in [2.75, 3.05) is 31.1 Å². The number of nitrogens with zero attached hydrogens (tertiary/aromatic N) is 4. The Labute approximate surface area is 133 Å². The summed E-state index contributed by atoms with van der Waals surface area (Å²) in [5, 5.41) is 13.0. The molecule has 3 heterocycles. The van der Waals surface area contributed by atoms with E-state index in [1.807, 2.05) is 34.7 Å². The van der Waals surface area contributed by atoms with Crippen molar-refractivity contribution in [3.8, 4) is 6.07 Å². The average Bonchev–Trinajstić information content (AvgIpc) is 3.09. The molecule has 0 unspecified atom stereocenters. The molecule has 0 aromatic carbocycles. The summed E-state index contributed by atoms with van der Waals surface area (Å²) >= 11 is 1.53. The molecule has 5 nitrogen and oxygen atoms in total. The molecule has 0 saturated carbocycles. The van der Waals surface area contributed by atoms with Crippen molar-refractivity contribution in [2.45, 2.75) is 6.92 Å². The Balaban J connectivity index is 1.71. The Morgan fingerprint density at radius 3 is 2.68 bits per heavy atom. The van der Waals surface area contributed by atoms with Crippen molar-refractivity contribution in [2.24, 2.45) is 0 Å². The number of carbonyl (C=O) groups excluding carboxylic acids is 1. The molecule has 112 valence electrons. The van der Waals surface area contributed by atoms with Gasteiger partial charge < -0.3 is 9.80 Å². The van der Waals surface area contributed by atoms with Crippen LogP contribution in [0.1, 0.15) is 21.6 Å². The fourth-order valence-electron chi connectivity index (χ4n) is 2.56. The van der Waals surface area contributed by atoms with Crippen LogP contribution in [0, 0.1) is 18.3 Å². The first-order valence-electron chi connectivity index (χ1n) is 7.13. The molecule has 0 radical (unpaired) electrons. The van der Waals surface area contributed by atoms with Crippen molar-refractivity contribution in [1.29, 1.82) is 5.26 Å². The third-order valence-electron chi connectivity index (χ3n) is 3.77. The first kappa shape index (κ1) is 14.5. The van der Waals surface area contributed by atoms with Gasteiger partial charge in [0.1, 0.15) is 11.9 Å². The van der Waals surface area contributed by atoms with Crippen LogP contribution in [0.3, 0.4) is 0 Å². The number of aryl methyl sites for hydroxylation is 1. The van der Waals surface area contributed by atoms with E-state index in [4.69, 9.17) is 0 Å². The van der Waals surface area contributed by atoms with Gasteiger partial charge in [-0.15, -0.1) is 0 Å². The lowest BCUT2D eigenvalue weighted by Crippen LogP contribution is -2.49. The van der Waals surface area contributed by atoms with E-state index in [1.54, 1.807) is 6.07 Å². The van der Waals surface area contributed by atoms with Crippen LogP contribution in [0.2, 0.25) is 0 Å². The fourth-order valence-corrected chi connectivity index (χ4v) is 3.19. The monoisotopic (exact) mass is 312 g/mol. The Bertz CT molecular complexity index is 712. The van der Waals surface area contributed by atoms with E-state index in [9.17, 15) is 10.1 Å². The first-order chi connectivity index (χ1) is 10.7. The number of rotatable bonds is 2. The fraction of sp³-hybridized carbons (Fsp3) is 0.312. The molecule has 1 fully saturated rings. The second kappa shape index (κ2) is 6.16. The van der Waals surface area contributed by atoms with Gasteiger partial charge in [-0.25, -0.2) is 4.98 Å². The quantitative estimate of drug-likeness (QED) is 0.853. The largest absolute Gasteiger partial charge is 0.352 e. The van der Waals surface area contributed by atoms with Crippen LogP contribution in [-0.4, -0.2) is 42.0 Å². The van der Waals surface area contributed by atoms with Gasteiger partial charge in [-0.3, -0.25) is 4.79 Å². The highest BCUT2D eigenvalue weighted by molar-refractivity contribution is 7.08. The molecule has 1 amide bonds. The number of carbonyl (C=O) groups is 1. The van der Waals surface area contributed by atoms with E-state index in [1.165, 1.54) is 11.3 Å². The third-order valence-corrected chi connectivity index (χ3v) is 4.45. The number of hydrogen-bond donors (Lipinski definition) is 0. The number of pyridine rings is 1. The molecule has 22 heavy (non-hydrogen) atoms. The van der Waals surface area contributed by atoms with Gasteiger partial charge >= 0.3 is 0 Å². The van der Waals surface area contributed by atoms with Crippen LogP contribution < -0.4 is 4.90 Å². The summed E-state index contributed by atoms with van der Waals surface area (Å²) in [6.45, 7) is 4.60. The van der Waals surface area contributed by atoms with Crippen LogP contribution in [0.25, 0.3) is 0 Å². The van der Waals surface area contributed by atoms with E-state index >= 15 is 0 Å². The van der Waals surface area contributed by atoms with Crippen LogP contribution in [0.4, 0.5) is 5.82 Å². The van der Waals surface area contributed by atoms with E-state index in [0.29, 0.717) is 31.7 Å². The second-order valence-corrected chi connectivity index (χ2v) is 6.01. The zero-order chi connectivity index (χ0) is 15.5. The Hall–Kier alpha value is -2.39. The lowest BCUT2D eigenvalue weighted by atomic mass is 10.2. The molecule has 3 rings (SSSR count). The molecule has 2 aromatic rings. The molecule has 1 saturated heterocycles. The van der Waals surface area contributed by atoms with E-state index in [0.717, 1.165) is 17.1 Å². The maximum absolute atomic E-state index is 12.3. The molecule has 0 aliphatic carbocycles. The van der Waals surface area contributed by atoms with Gasteiger partial charge in [0.2, 0.25) is 0 Å². The van der Waals surface area contributed by atoms with Crippen LogP contribution >= 0.6 is 11.3 Å². The highest BCUT2D eigenvalue weighted by Gasteiger charge is 2.24. The number of nitriles is 1. The summed E-state index contributed by atoms with van der Waals surface area (Å²) in [6.07, 6.45) is 0. The maximum Gasteiger partial charge on any atom is 0.254 e. The molecule has 0 N–H and O–H groups in total. The zero-order valence-electron chi connectivity index (χ0n) is 12.3. The summed E-state index contributed by atoms with van der Waals surface area (Å²) in [5.41, 5.74) is 2.24. The Kier molecular flexibility index (Phi) is 4.07. The smallest absolute Gasteiger partial charge is 0.254 e. The van der Waals surface area contributed by atoms with Crippen molar-refractivity contribution in [3.05, 3.63) is 45.8 Å². The number of thiophene rings is 1. The van der Waals surface area contributed by atoms with Gasteiger partial charge in [0, 0.05) is 37.3 Å². The van der Waals surface area contributed by atoms with Crippen LogP contribution in [0.15, 0.2) is 29.0 Å². The lowest BCUT2D eigenvalue weighted by molar-refractivity contribution is 0.0747. The highest BCUT2D eigenvalue weighted by atomic mass is 32.1. The van der Waals surface area contributed by atoms with Crippen molar-refractivity contribution in [1.82, 2.24) is 9.88 Å². The van der Waals surface area contributed by atoms with Gasteiger partial charge in [-0.1, -0.05) is 0 Å². The molecular formula is C16H16N4OS. The summed E-state index contributed by atoms with van der Waals surface area (Å²) in [4.78, 5) is 20.8. The van der Waals surface area contributed by atoms with E-state index in [2.05, 4.69) is 16.0 Å². The molecule has 0 atom stereocenters. The number of aromatic nitrogens is 1. The maximum atomic E-state index is 12.3. The molecule has 0 spiro atoms. The van der Waals surface area contributed by atoms with Crippen molar-refractivity contribution >= 4 is 23.1 Å². The first-order valence-corrected chi connectivity index (χ1v) is 8.07. The second-order valence-electron chi connectivity index (χ2n) is 5.23. The summed E-state index contributed by atoms with van der Waals surface area (Å²) in [6, 6.07) is 7.70. The topological polar surface area (TPSA) is 60.2 Å². The minimum Gasteiger partial charge on any atom is -0.352 e. The van der Waals surface area contributed by atoms with E-state index in [-0.39, 0.29) is 5.91 Å². The predicted octanol–water partition coefficient (Wildman–Crippen LogP) is 2.29. The number of anilines is 1. The summed E-state index contributed by atoms with van der Waals surface area (Å²) in [5.74, 6) is 0.809.